The molecule has 0 aliphatic heterocycles. The first-order valence-electron chi connectivity index (χ1n) is 5.98. The van der Waals surface area contributed by atoms with Crippen molar-refractivity contribution in [3.63, 3.8) is 0 Å². The second kappa shape index (κ2) is 6.26. The van der Waals surface area contributed by atoms with Gasteiger partial charge in [-0.15, -0.1) is 0 Å². The molecule has 3 N–H and O–H groups in total. The number of nitrogens with one attached hydrogen (secondary N) is 1. The summed E-state index contributed by atoms with van der Waals surface area (Å²) in [6.45, 7) is 1.95. The van der Waals surface area contributed by atoms with E-state index < -0.39 is 0 Å². The van der Waals surface area contributed by atoms with Gasteiger partial charge in [0.05, 0.1) is 0 Å². The highest BCUT2D eigenvalue weighted by Crippen LogP contribution is 2.17. The van der Waals surface area contributed by atoms with Crippen LogP contribution in [0.2, 0.25) is 0 Å². The zero-order valence-corrected chi connectivity index (χ0v) is 11.3. The van der Waals surface area contributed by atoms with Crippen LogP contribution in [0.15, 0.2) is 36.4 Å². The maximum atomic E-state index is 5.56. The number of benzene rings is 1. The van der Waals surface area contributed by atoms with Crippen LogP contribution in [0.4, 0.5) is 16.5 Å². The predicted octanol–water partition coefficient (Wildman–Crippen LogP) is 2.66. The van der Waals surface area contributed by atoms with E-state index in [1.807, 2.05) is 12.1 Å². The number of nitrogens with zero attached hydrogens (tertiary/aromatic N) is 2. The molecule has 1 aromatic carbocycles. The van der Waals surface area contributed by atoms with Gasteiger partial charge in [0.2, 0.25) is 0 Å². The maximum absolute atomic E-state index is 5.56. The smallest absolute Gasteiger partial charge is 0.139 e. The van der Waals surface area contributed by atoms with Gasteiger partial charge >= 0.3 is 0 Å². The highest BCUT2D eigenvalue weighted by molar-refractivity contribution is 7.10. The van der Waals surface area contributed by atoms with Gasteiger partial charge in [0.15, 0.2) is 0 Å². The van der Waals surface area contributed by atoms with Crippen molar-refractivity contribution in [3.05, 3.63) is 36.4 Å². The van der Waals surface area contributed by atoms with Crippen molar-refractivity contribution in [1.29, 1.82) is 0 Å². The number of aromatic nitrogens is 1. The van der Waals surface area contributed by atoms with Gasteiger partial charge in [-0.05, 0) is 30.1 Å². The lowest BCUT2D eigenvalue weighted by Gasteiger charge is -2.19. The molecule has 0 fully saturated rings. The summed E-state index contributed by atoms with van der Waals surface area (Å²) in [5, 5.41) is 4.36. The van der Waals surface area contributed by atoms with Gasteiger partial charge in [-0.2, -0.15) is 4.37 Å². The standard InChI is InChI=1S/C13H18N4S/c1-17(11-6-3-2-4-7-11)9-5-8-15-13-10-12(14)16-18-13/h2-4,6-7,10,15H,5,8-9H2,1H3,(H2,14,16). The van der Waals surface area contributed by atoms with E-state index in [0.29, 0.717) is 5.82 Å². The van der Waals surface area contributed by atoms with E-state index in [9.17, 15) is 0 Å². The maximum Gasteiger partial charge on any atom is 0.139 e. The highest BCUT2D eigenvalue weighted by atomic mass is 32.1. The molecule has 5 heteroatoms. The summed E-state index contributed by atoms with van der Waals surface area (Å²) >= 11 is 1.41. The molecule has 2 aromatic rings. The molecular formula is C13H18N4S. The van der Waals surface area contributed by atoms with Crippen LogP contribution >= 0.6 is 11.5 Å². The Labute approximate surface area is 112 Å². The van der Waals surface area contributed by atoms with E-state index in [0.717, 1.165) is 24.5 Å². The second-order valence-electron chi connectivity index (χ2n) is 4.15. The average molecular weight is 262 g/mol. The van der Waals surface area contributed by atoms with Gasteiger partial charge in [-0.25, -0.2) is 0 Å². The first-order valence-corrected chi connectivity index (χ1v) is 6.75. The SMILES string of the molecule is CN(CCCNc1cc(N)ns1)c1ccccc1. The van der Waals surface area contributed by atoms with Crippen molar-refractivity contribution in [2.24, 2.45) is 0 Å². The number of para-hydroxylation sites is 1. The first kappa shape index (κ1) is 12.7. The Hall–Kier alpha value is -1.75. The topological polar surface area (TPSA) is 54.2 Å². The monoisotopic (exact) mass is 262 g/mol. The molecule has 96 valence electrons. The average Bonchev–Trinajstić information content (AvgIpc) is 2.81. The van der Waals surface area contributed by atoms with Crippen LogP contribution in [0.5, 0.6) is 0 Å². The first-order chi connectivity index (χ1) is 8.75. The Morgan fingerprint density at radius 1 is 1.33 bits per heavy atom. The summed E-state index contributed by atoms with van der Waals surface area (Å²) in [6.07, 6.45) is 1.07. The molecule has 0 aliphatic rings. The molecule has 2 rings (SSSR count). The van der Waals surface area contributed by atoms with Crippen LogP contribution in [0.25, 0.3) is 0 Å². The highest BCUT2D eigenvalue weighted by Gasteiger charge is 2.00. The van der Waals surface area contributed by atoms with E-state index in [1.54, 1.807) is 0 Å². The number of nitrogen functional groups attached to an aromatic ring is 1. The van der Waals surface area contributed by atoms with Crippen molar-refractivity contribution in [2.45, 2.75) is 6.42 Å². The molecule has 1 aromatic heterocycles. The fourth-order valence-corrected chi connectivity index (χ4v) is 2.31. The quantitative estimate of drug-likeness (QED) is 0.786. The molecule has 18 heavy (non-hydrogen) atoms. The Kier molecular flexibility index (Phi) is 4.41. The van der Waals surface area contributed by atoms with Crippen molar-refractivity contribution < 1.29 is 0 Å². The molecular weight excluding hydrogens is 244 g/mol. The summed E-state index contributed by atoms with van der Waals surface area (Å²) < 4.78 is 4.02. The molecule has 0 spiro atoms. The summed E-state index contributed by atoms with van der Waals surface area (Å²) in [6, 6.07) is 12.3. The van der Waals surface area contributed by atoms with Gasteiger partial charge in [-0.3, -0.25) is 0 Å². The molecule has 0 saturated heterocycles. The summed E-state index contributed by atoms with van der Waals surface area (Å²) in [7, 11) is 2.11. The number of hydrogen-bond donors (Lipinski definition) is 2. The Morgan fingerprint density at radius 3 is 2.78 bits per heavy atom. The van der Waals surface area contributed by atoms with Gasteiger partial charge < -0.3 is 16.0 Å². The molecule has 0 bridgehead atoms. The number of rotatable bonds is 6. The largest absolute Gasteiger partial charge is 0.383 e. The zero-order chi connectivity index (χ0) is 12.8. The lowest BCUT2D eigenvalue weighted by molar-refractivity contribution is 0.818. The molecule has 0 amide bonds. The minimum atomic E-state index is 0.587. The zero-order valence-electron chi connectivity index (χ0n) is 10.5. The molecule has 1 heterocycles. The normalized spacial score (nSPS) is 10.3. The Balaban J connectivity index is 1.69. The number of hydrogen-bond acceptors (Lipinski definition) is 5. The Bertz CT molecular complexity index is 469. The Morgan fingerprint density at radius 2 is 2.11 bits per heavy atom. The van der Waals surface area contributed by atoms with Crippen LogP contribution in [0.1, 0.15) is 6.42 Å². The second-order valence-corrected chi connectivity index (χ2v) is 4.96. The third-order valence-corrected chi connectivity index (χ3v) is 3.46. The molecule has 0 unspecified atom stereocenters. The number of anilines is 3. The summed E-state index contributed by atoms with van der Waals surface area (Å²) in [5.41, 5.74) is 6.81. The third kappa shape index (κ3) is 3.63. The fraction of sp³-hybridized carbons (Fsp3) is 0.308. The van der Waals surface area contributed by atoms with Gasteiger partial charge in [0.25, 0.3) is 0 Å². The van der Waals surface area contributed by atoms with Gasteiger partial charge in [0, 0.05) is 31.9 Å². The summed E-state index contributed by atoms with van der Waals surface area (Å²) in [5.74, 6) is 0.587. The minimum absolute atomic E-state index is 0.587. The van der Waals surface area contributed by atoms with Crippen LogP contribution in [0.3, 0.4) is 0 Å². The minimum Gasteiger partial charge on any atom is -0.383 e. The molecule has 0 radical (unpaired) electrons. The van der Waals surface area contributed by atoms with Crippen molar-refractivity contribution in [1.82, 2.24) is 4.37 Å². The third-order valence-electron chi connectivity index (χ3n) is 2.69. The van der Waals surface area contributed by atoms with Gasteiger partial charge in [0.1, 0.15) is 10.8 Å². The predicted molar refractivity (Wildman–Crippen MR) is 79.3 cm³/mol. The van der Waals surface area contributed by atoms with E-state index >= 15 is 0 Å². The fourth-order valence-electron chi connectivity index (χ4n) is 1.71. The van der Waals surface area contributed by atoms with Crippen LogP contribution in [0, 0.1) is 0 Å². The number of nitrogens with two attached hydrogens (primary N) is 1. The molecule has 4 nitrogen and oxygen atoms in total. The van der Waals surface area contributed by atoms with Gasteiger partial charge in [-0.1, -0.05) is 18.2 Å². The molecule has 0 aliphatic carbocycles. The molecule has 0 atom stereocenters. The van der Waals surface area contributed by atoms with E-state index in [1.165, 1.54) is 17.2 Å². The lowest BCUT2D eigenvalue weighted by Crippen LogP contribution is -2.20. The summed E-state index contributed by atoms with van der Waals surface area (Å²) in [4.78, 5) is 2.25. The van der Waals surface area contributed by atoms with Crippen LogP contribution < -0.4 is 16.0 Å². The van der Waals surface area contributed by atoms with Crippen LogP contribution in [-0.4, -0.2) is 24.5 Å². The van der Waals surface area contributed by atoms with Crippen molar-refractivity contribution in [3.8, 4) is 0 Å². The van der Waals surface area contributed by atoms with Crippen molar-refractivity contribution in [2.75, 3.05) is 36.1 Å². The molecule has 0 saturated carbocycles. The van der Waals surface area contributed by atoms with E-state index in [4.69, 9.17) is 5.73 Å². The lowest BCUT2D eigenvalue weighted by atomic mass is 10.3. The van der Waals surface area contributed by atoms with E-state index in [-0.39, 0.29) is 0 Å². The van der Waals surface area contributed by atoms with Crippen LogP contribution in [-0.2, 0) is 0 Å². The van der Waals surface area contributed by atoms with E-state index in [2.05, 4.69) is 45.9 Å². The van der Waals surface area contributed by atoms with Crippen molar-refractivity contribution >= 4 is 28.0 Å².